The summed E-state index contributed by atoms with van der Waals surface area (Å²) in [4.78, 5) is 95.8. The number of sulfonamides is 1. The van der Waals surface area contributed by atoms with Gasteiger partial charge in [-0.3, -0.25) is 38.6 Å². The van der Waals surface area contributed by atoms with E-state index in [1.807, 2.05) is 12.1 Å². The highest BCUT2D eigenvalue weighted by atomic mass is 32.2. The standard InChI is InChI=1S/C45H58N8O11S/c1-5-29-21-45(29,42(58)51-65(60,61)31-12-13-31)50-39(55)33-20-30(64-43(59)52-23-27-18-34-35(19-28(27)24-52)63-17-9-16-62-34)25-53(33)41(57)37(44(2,3)4)49-40(56)36(26-10-7-6-8-11-26)48-38(54)32-22-46-14-15-47-32/h5,14-15,18-19,22,26,29-31,33,36-37H,1,6-13,16-17,20-21,23-25H2,2-4H3,(H,48,54)(H,49,56)(H,50,55)(H,51,58)/t29-,30+,33-,36-,37+,45-/m0/s1. The zero-order chi connectivity index (χ0) is 46.3. The number of hydrogen-bond acceptors (Lipinski definition) is 13. The zero-order valence-corrected chi connectivity index (χ0v) is 37.8. The van der Waals surface area contributed by atoms with Gasteiger partial charge >= 0.3 is 6.09 Å². The third kappa shape index (κ3) is 9.91. The van der Waals surface area contributed by atoms with Gasteiger partial charge in [-0.1, -0.05) is 46.1 Å². The second-order valence-corrected chi connectivity index (χ2v) is 21.1. The van der Waals surface area contributed by atoms with Crippen LogP contribution in [0, 0.1) is 17.3 Å². The van der Waals surface area contributed by atoms with Crippen molar-refractivity contribution in [2.45, 2.75) is 133 Å². The van der Waals surface area contributed by atoms with Gasteiger partial charge in [-0.15, -0.1) is 6.58 Å². The van der Waals surface area contributed by atoms with E-state index in [1.165, 1.54) is 34.5 Å². The molecule has 0 radical (unpaired) electrons. The topological polar surface area (TPSA) is 245 Å². The average Bonchev–Trinajstić information content (AvgIpc) is 4.19. The first kappa shape index (κ1) is 45.8. The molecule has 1 aromatic carbocycles. The van der Waals surface area contributed by atoms with Crippen LogP contribution in [0.15, 0.2) is 43.4 Å². The van der Waals surface area contributed by atoms with Gasteiger partial charge in [0.15, 0.2) is 11.5 Å². The van der Waals surface area contributed by atoms with Crippen LogP contribution in [0.2, 0.25) is 0 Å². The molecule has 19 nitrogen and oxygen atoms in total. The fraction of sp³-hybridized carbons (Fsp3) is 0.600. The highest BCUT2D eigenvalue weighted by molar-refractivity contribution is 7.91. The maximum Gasteiger partial charge on any atom is 0.410 e. The van der Waals surface area contributed by atoms with Crippen LogP contribution in [0.5, 0.6) is 11.5 Å². The molecule has 4 fully saturated rings. The minimum atomic E-state index is -3.97. The Bertz CT molecular complexity index is 2300. The van der Waals surface area contributed by atoms with Gasteiger partial charge < -0.3 is 35.1 Å². The van der Waals surface area contributed by atoms with Crippen LogP contribution in [0.1, 0.15) is 107 Å². The van der Waals surface area contributed by atoms with Gasteiger partial charge in [0.1, 0.15) is 35.5 Å². The van der Waals surface area contributed by atoms with Gasteiger partial charge in [-0.05, 0) is 66.7 Å². The molecule has 6 atom stereocenters. The van der Waals surface area contributed by atoms with Crippen molar-refractivity contribution in [1.82, 2.24) is 40.4 Å². The molecule has 1 saturated heterocycles. The van der Waals surface area contributed by atoms with Crippen molar-refractivity contribution in [3.05, 3.63) is 60.2 Å². The lowest BCUT2D eigenvalue weighted by Crippen LogP contribution is -2.62. The van der Waals surface area contributed by atoms with E-state index in [-0.39, 0.29) is 44.1 Å². The second kappa shape index (κ2) is 18.2. The number of carbonyl (C=O) groups is 6. The molecule has 1 aromatic heterocycles. The third-order valence-electron chi connectivity index (χ3n) is 13.3. The normalized spacial score (nSPS) is 24.9. The number of ether oxygens (including phenoxy) is 3. The summed E-state index contributed by atoms with van der Waals surface area (Å²) in [6.45, 7) is 10.3. The van der Waals surface area contributed by atoms with Gasteiger partial charge in [0, 0.05) is 44.2 Å². The first-order valence-electron chi connectivity index (χ1n) is 22.5. The lowest BCUT2D eigenvalue weighted by molar-refractivity contribution is -0.145. The Kier molecular flexibility index (Phi) is 12.8. The number of hydrogen-bond donors (Lipinski definition) is 4. The average molecular weight is 919 g/mol. The first-order valence-corrected chi connectivity index (χ1v) is 24.1. The minimum absolute atomic E-state index is 0.0254. The quantitative estimate of drug-likeness (QED) is 0.212. The van der Waals surface area contributed by atoms with Crippen LogP contribution in [-0.2, 0) is 47.0 Å². The van der Waals surface area contributed by atoms with E-state index in [0.29, 0.717) is 50.4 Å². The molecule has 3 aliphatic carbocycles. The van der Waals surface area contributed by atoms with Crippen LogP contribution in [0.3, 0.4) is 0 Å². The summed E-state index contributed by atoms with van der Waals surface area (Å²) < 4.78 is 45.6. The Balaban J connectivity index is 1.04. The molecular weight excluding hydrogens is 861 g/mol. The number of benzene rings is 1. The monoisotopic (exact) mass is 918 g/mol. The van der Waals surface area contributed by atoms with E-state index in [4.69, 9.17) is 14.2 Å². The molecule has 20 heteroatoms. The van der Waals surface area contributed by atoms with Crippen molar-refractivity contribution in [1.29, 1.82) is 0 Å². The van der Waals surface area contributed by atoms with Gasteiger partial charge in [-0.25, -0.2) is 18.2 Å². The van der Waals surface area contributed by atoms with Crippen molar-refractivity contribution in [2.24, 2.45) is 17.3 Å². The number of carbonyl (C=O) groups excluding carboxylic acids is 6. The summed E-state index contributed by atoms with van der Waals surface area (Å²) in [7, 11) is -3.97. The predicted octanol–water partition coefficient (Wildman–Crippen LogP) is 2.64. The largest absolute Gasteiger partial charge is 0.490 e. The Hall–Kier alpha value is -5.79. The molecule has 2 aromatic rings. The molecule has 0 spiro atoms. The summed E-state index contributed by atoms with van der Waals surface area (Å²) in [5, 5.41) is 7.85. The summed E-state index contributed by atoms with van der Waals surface area (Å²) in [6.07, 6.45) is 9.42. The van der Waals surface area contributed by atoms with E-state index in [1.54, 1.807) is 20.8 Å². The summed E-state index contributed by atoms with van der Waals surface area (Å²) in [5.74, 6) is -3.16. The molecule has 0 unspecified atom stereocenters. The Morgan fingerprint density at radius 2 is 1.62 bits per heavy atom. The van der Waals surface area contributed by atoms with E-state index in [0.717, 1.165) is 36.8 Å². The molecule has 4 heterocycles. The molecule has 6 amide bonds. The predicted molar refractivity (Wildman–Crippen MR) is 232 cm³/mol. The van der Waals surface area contributed by atoms with Crippen LogP contribution >= 0.6 is 0 Å². The molecule has 65 heavy (non-hydrogen) atoms. The molecule has 6 aliphatic rings. The number of likely N-dealkylation sites (tertiary alicyclic amines) is 1. The third-order valence-corrected chi connectivity index (χ3v) is 15.1. The zero-order valence-electron chi connectivity index (χ0n) is 37.0. The smallest absolute Gasteiger partial charge is 0.410 e. The van der Waals surface area contributed by atoms with Crippen molar-refractivity contribution in [3.8, 4) is 11.5 Å². The molecular formula is C45H58N8O11S. The molecule has 350 valence electrons. The lowest BCUT2D eigenvalue weighted by atomic mass is 9.82. The molecule has 3 aliphatic heterocycles. The fourth-order valence-corrected chi connectivity index (χ4v) is 10.7. The minimum Gasteiger partial charge on any atom is -0.490 e. The molecule has 4 N–H and O–H groups in total. The number of aromatic nitrogens is 2. The van der Waals surface area contributed by atoms with E-state index < -0.39 is 92.0 Å². The van der Waals surface area contributed by atoms with Crippen LogP contribution in [-0.4, -0.2) is 119 Å². The molecule has 8 rings (SSSR count). The number of nitrogens with zero attached hydrogens (tertiary/aromatic N) is 4. The van der Waals surface area contributed by atoms with Gasteiger partial charge in [0.05, 0.1) is 31.2 Å². The van der Waals surface area contributed by atoms with E-state index in [9.17, 15) is 32.4 Å². The lowest BCUT2D eigenvalue weighted by Gasteiger charge is -2.37. The van der Waals surface area contributed by atoms with E-state index >= 15 is 4.79 Å². The summed E-state index contributed by atoms with van der Waals surface area (Å²) >= 11 is 0. The Morgan fingerprint density at radius 1 is 0.938 bits per heavy atom. The van der Waals surface area contributed by atoms with Crippen LogP contribution < -0.4 is 30.1 Å². The van der Waals surface area contributed by atoms with Crippen LogP contribution in [0.4, 0.5) is 4.79 Å². The summed E-state index contributed by atoms with van der Waals surface area (Å²) in [5.41, 5.74) is -0.850. The van der Waals surface area contributed by atoms with Gasteiger partial charge in [0.2, 0.25) is 27.7 Å². The maximum absolute atomic E-state index is 15.1. The van der Waals surface area contributed by atoms with Gasteiger partial charge in [-0.2, -0.15) is 0 Å². The number of rotatable bonds is 13. The number of amides is 6. The number of fused-ring (bicyclic) bond motifs is 2. The van der Waals surface area contributed by atoms with Crippen LogP contribution in [0.25, 0.3) is 0 Å². The number of nitrogens with one attached hydrogen (secondary N) is 4. The van der Waals surface area contributed by atoms with Crippen molar-refractivity contribution in [3.63, 3.8) is 0 Å². The second-order valence-electron chi connectivity index (χ2n) is 19.2. The molecule has 3 saturated carbocycles. The van der Waals surface area contributed by atoms with Crippen molar-refractivity contribution >= 4 is 45.7 Å². The Labute approximate surface area is 378 Å². The van der Waals surface area contributed by atoms with Crippen molar-refractivity contribution < 1.29 is 51.4 Å². The highest BCUT2D eigenvalue weighted by Gasteiger charge is 2.62. The SMILES string of the molecule is C=C[C@H]1C[C@@]1(NC(=O)[C@@H]1C[C@@H](OC(=O)N2Cc3cc4c(cc3C2)OCCCO4)CN1C(=O)[C@@H](NC(=O)[C@@H](NC(=O)c1cnccn1)C1CCCCC1)C(C)(C)C)C(=O)NS(=O)(=O)C1CC1. The fourth-order valence-electron chi connectivity index (χ4n) is 9.34. The van der Waals surface area contributed by atoms with E-state index in [2.05, 4.69) is 37.2 Å². The first-order chi connectivity index (χ1) is 31.0. The summed E-state index contributed by atoms with van der Waals surface area (Å²) in [6, 6.07) is 0.120. The maximum atomic E-state index is 15.1. The van der Waals surface area contributed by atoms with Gasteiger partial charge in [0.25, 0.3) is 11.8 Å². The molecule has 0 bridgehead atoms. The Morgan fingerprint density at radius 3 is 2.20 bits per heavy atom. The highest BCUT2D eigenvalue weighted by Crippen LogP contribution is 2.46. The van der Waals surface area contributed by atoms with Crippen molar-refractivity contribution in [2.75, 3.05) is 19.8 Å².